The summed E-state index contributed by atoms with van der Waals surface area (Å²) in [5, 5.41) is 1.71. The third-order valence-corrected chi connectivity index (χ3v) is 2.22. The molecule has 1 saturated heterocycles. The zero-order valence-corrected chi connectivity index (χ0v) is 7.99. The maximum absolute atomic E-state index is 10.9. The Kier molecular flexibility index (Phi) is 2.37. The molecular weight excluding hydrogens is 180 g/mol. The highest BCUT2D eigenvalue weighted by molar-refractivity contribution is 5.78. The molecule has 14 heavy (non-hydrogen) atoms. The molecule has 0 radical (unpaired) electrons. The molecule has 1 heterocycles. The predicted octanol–water partition coefficient (Wildman–Crippen LogP) is 1.03. The van der Waals surface area contributed by atoms with E-state index in [2.05, 4.69) is 17.4 Å². The summed E-state index contributed by atoms with van der Waals surface area (Å²) in [5.41, 5.74) is 4.77. The Morgan fingerprint density at radius 1 is 1.50 bits per heavy atom. The van der Waals surface area contributed by atoms with Crippen molar-refractivity contribution in [1.29, 1.82) is 0 Å². The monoisotopic (exact) mass is 192 g/mol. The number of carbonyl (C=O) groups is 1. The molecule has 1 aromatic rings. The Morgan fingerprint density at radius 2 is 2.29 bits per heavy atom. The van der Waals surface area contributed by atoms with Crippen LogP contribution < -0.4 is 10.6 Å². The van der Waals surface area contributed by atoms with Crippen LogP contribution in [0.15, 0.2) is 24.3 Å². The molecule has 2 rings (SSSR count). The van der Waals surface area contributed by atoms with Crippen LogP contribution in [0.4, 0.5) is 5.69 Å². The van der Waals surface area contributed by atoms with Crippen LogP contribution in [0.3, 0.4) is 0 Å². The lowest BCUT2D eigenvalue weighted by atomic mass is 10.1. The lowest BCUT2D eigenvalue weighted by Crippen LogP contribution is -2.30. The first-order valence-electron chi connectivity index (χ1n) is 4.62. The fourth-order valence-electron chi connectivity index (χ4n) is 1.51. The molecule has 0 saturated carbocycles. The SMILES string of the molecule is CCc1ccccc1N1CC(=O)ON1. The molecule has 0 bridgehead atoms. The van der Waals surface area contributed by atoms with E-state index in [1.807, 2.05) is 24.3 Å². The zero-order chi connectivity index (χ0) is 9.97. The molecule has 0 spiro atoms. The van der Waals surface area contributed by atoms with Gasteiger partial charge in [-0.2, -0.15) is 0 Å². The second-order valence-corrected chi connectivity index (χ2v) is 3.13. The lowest BCUT2D eigenvalue weighted by molar-refractivity contribution is -0.141. The average molecular weight is 192 g/mol. The third-order valence-electron chi connectivity index (χ3n) is 2.22. The zero-order valence-electron chi connectivity index (χ0n) is 7.99. The van der Waals surface area contributed by atoms with Crippen molar-refractivity contribution in [3.8, 4) is 0 Å². The summed E-state index contributed by atoms with van der Waals surface area (Å²) in [6.07, 6.45) is 0.933. The molecule has 0 aliphatic carbocycles. The minimum atomic E-state index is -0.254. The summed E-state index contributed by atoms with van der Waals surface area (Å²) < 4.78 is 0. The van der Waals surface area contributed by atoms with Gasteiger partial charge in [-0.15, -0.1) is 0 Å². The Balaban J connectivity index is 2.27. The average Bonchev–Trinajstić information content (AvgIpc) is 2.65. The highest BCUT2D eigenvalue weighted by Crippen LogP contribution is 2.20. The van der Waals surface area contributed by atoms with Crippen LogP contribution in [-0.4, -0.2) is 12.5 Å². The first kappa shape index (κ1) is 9.02. The minimum Gasteiger partial charge on any atom is -0.349 e. The number of nitrogens with one attached hydrogen (secondary N) is 1. The van der Waals surface area contributed by atoms with Gasteiger partial charge >= 0.3 is 5.97 Å². The van der Waals surface area contributed by atoms with E-state index in [9.17, 15) is 4.79 Å². The van der Waals surface area contributed by atoms with Crippen LogP contribution in [0.2, 0.25) is 0 Å². The van der Waals surface area contributed by atoms with Crippen molar-refractivity contribution in [1.82, 2.24) is 5.59 Å². The van der Waals surface area contributed by atoms with E-state index < -0.39 is 0 Å². The Bertz CT molecular complexity index is 352. The van der Waals surface area contributed by atoms with E-state index >= 15 is 0 Å². The predicted molar refractivity (Wildman–Crippen MR) is 52.4 cm³/mol. The number of hydrazine groups is 1. The van der Waals surface area contributed by atoms with Gasteiger partial charge in [0.2, 0.25) is 0 Å². The second-order valence-electron chi connectivity index (χ2n) is 3.13. The molecular formula is C10H12N2O2. The van der Waals surface area contributed by atoms with Gasteiger partial charge in [0.25, 0.3) is 0 Å². The van der Waals surface area contributed by atoms with Gasteiger partial charge < -0.3 is 4.84 Å². The smallest absolute Gasteiger partial charge is 0.347 e. The van der Waals surface area contributed by atoms with Gasteiger partial charge in [0.1, 0.15) is 6.54 Å². The Morgan fingerprint density at radius 3 is 2.93 bits per heavy atom. The summed E-state index contributed by atoms with van der Waals surface area (Å²) >= 11 is 0. The molecule has 1 fully saturated rings. The summed E-state index contributed by atoms with van der Waals surface area (Å²) in [7, 11) is 0. The number of nitrogens with zero attached hydrogens (tertiary/aromatic N) is 1. The van der Waals surface area contributed by atoms with E-state index in [0.29, 0.717) is 0 Å². The van der Waals surface area contributed by atoms with Crippen molar-refractivity contribution in [3.05, 3.63) is 29.8 Å². The topological polar surface area (TPSA) is 41.6 Å². The van der Waals surface area contributed by atoms with Crippen molar-refractivity contribution >= 4 is 11.7 Å². The van der Waals surface area contributed by atoms with Crippen LogP contribution >= 0.6 is 0 Å². The number of anilines is 1. The number of hydrogen-bond donors (Lipinski definition) is 1. The fraction of sp³-hybridized carbons (Fsp3) is 0.300. The summed E-state index contributed by atoms with van der Waals surface area (Å²) in [6.45, 7) is 2.34. The van der Waals surface area contributed by atoms with Crippen molar-refractivity contribution in [2.24, 2.45) is 0 Å². The van der Waals surface area contributed by atoms with E-state index in [-0.39, 0.29) is 12.5 Å². The molecule has 1 aliphatic rings. The lowest BCUT2D eigenvalue weighted by Gasteiger charge is -2.17. The van der Waals surface area contributed by atoms with E-state index in [1.54, 1.807) is 5.01 Å². The summed E-state index contributed by atoms with van der Waals surface area (Å²) in [6, 6.07) is 7.94. The number of benzene rings is 1. The largest absolute Gasteiger partial charge is 0.349 e. The minimum absolute atomic E-state index is 0.254. The number of rotatable bonds is 2. The first-order chi connectivity index (χ1) is 6.81. The standard InChI is InChI=1S/C10H12N2O2/c1-2-8-5-3-4-6-9(8)12-7-10(13)14-11-12/h3-6,11H,2,7H2,1H3. The van der Waals surface area contributed by atoms with E-state index in [0.717, 1.165) is 12.1 Å². The van der Waals surface area contributed by atoms with Gasteiger partial charge in [-0.3, -0.25) is 5.01 Å². The molecule has 1 aliphatic heterocycles. The number of hydrogen-bond acceptors (Lipinski definition) is 4. The summed E-state index contributed by atoms with van der Waals surface area (Å²) in [5.74, 6) is -0.254. The van der Waals surface area contributed by atoms with Crippen LogP contribution in [0.25, 0.3) is 0 Å². The molecule has 0 aromatic heterocycles. The summed E-state index contributed by atoms with van der Waals surface area (Å²) in [4.78, 5) is 15.6. The van der Waals surface area contributed by atoms with Crippen LogP contribution in [0.1, 0.15) is 12.5 Å². The van der Waals surface area contributed by atoms with Gasteiger partial charge in [0.05, 0.1) is 5.69 Å². The quantitative estimate of drug-likeness (QED) is 0.760. The van der Waals surface area contributed by atoms with E-state index in [4.69, 9.17) is 0 Å². The van der Waals surface area contributed by atoms with Crippen LogP contribution in [0, 0.1) is 0 Å². The van der Waals surface area contributed by atoms with E-state index in [1.165, 1.54) is 5.56 Å². The molecule has 74 valence electrons. The van der Waals surface area contributed by atoms with Crippen molar-refractivity contribution in [2.45, 2.75) is 13.3 Å². The second kappa shape index (κ2) is 3.67. The number of carbonyl (C=O) groups excluding carboxylic acids is 1. The highest BCUT2D eigenvalue weighted by atomic mass is 16.7. The normalized spacial score (nSPS) is 15.8. The molecule has 0 amide bonds. The molecule has 1 N–H and O–H groups in total. The third kappa shape index (κ3) is 1.56. The van der Waals surface area contributed by atoms with Gasteiger partial charge in [0, 0.05) is 0 Å². The maximum Gasteiger partial charge on any atom is 0.347 e. The number of aryl methyl sites for hydroxylation is 1. The Labute approximate surface area is 82.4 Å². The fourth-order valence-corrected chi connectivity index (χ4v) is 1.51. The molecule has 0 unspecified atom stereocenters. The molecule has 0 atom stereocenters. The van der Waals surface area contributed by atoms with Gasteiger partial charge in [0.15, 0.2) is 0 Å². The van der Waals surface area contributed by atoms with Gasteiger partial charge in [-0.05, 0) is 18.1 Å². The molecule has 4 heteroatoms. The van der Waals surface area contributed by atoms with Gasteiger partial charge in [-0.1, -0.05) is 30.7 Å². The Hall–Kier alpha value is -1.55. The van der Waals surface area contributed by atoms with Crippen molar-refractivity contribution in [3.63, 3.8) is 0 Å². The number of para-hydroxylation sites is 1. The van der Waals surface area contributed by atoms with Crippen LogP contribution in [0.5, 0.6) is 0 Å². The van der Waals surface area contributed by atoms with Crippen molar-refractivity contribution in [2.75, 3.05) is 11.6 Å². The van der Waals surface area contributed by atoms with Crippen molar-refractivity contribution < 1.29 is 9.63 Å². The first-order valence-corrected chi connectivity index (χ1v) is 4.62. The van der Waals surface area contributed by atoms with Gasteiger partial charge in [-0.25, -0.2) is 4.79 Å². The molecule has 4 nitrogen and oxygen atoms in total. The van der Waals surface area contributed by atoms with Crippen LogP contribution in [-0.2, 0) is 16.1 Å². The maximum atomic E-state index is 10.9. The molecule has 1 aromatic carbocycles. The highest BCUT2D eigenvalue weighted by Gasteiger charge is 2.22.